The Hall–Kier alpha value is -4.82. The number of nitrogens with one attached hydrogen (secondary N) is 1. The standard InChI is InChI=1S/C29H21ClF3N3O5/c1-40-26-13-21(30)18(28-16(14-34)11-17-20(29(31,32)33)5-4-7-22(17)36-28)12-19(26)24(37)15-35-23-6-2-3-8-25(23)41-10-9-27(38)39/h2-8,11-13,35H,9-10,15H2,1H3,(H,38,39). The van der Waals surface area contributed by atoms with Crippen molar-refractivity contribution in [3.8, 4) is 28.8 Å². The summed E-state index contributed by atoms with van der Waals surface area (Å²) in [5, 5.41) is 21.4. The summed E-state index contributed by atoms with van der Waals surface area (Å²) in [5.74, 6) is -0.978. The SMILES string of the molecule is COc1cc(Cl)c(-c2nc3cccc(C(F)(F)F)c3cc2C#N)cc1C(=O)CNc1ccccc1OCCC(=O)O. The molecule has 12 heteroatoms. The third-order valence-electron chi connectivity index (χ3n) is 6.03. The molecule has 0 aliphatic rings. The van der Waals surface area contributed by atoms with Gasteiger partial charge in [0, 0.05) is 17.0 Å². The number of hydrogen-bond donors (Lipinski definition) is 2. The van der Waals surface area contributed by atoms with Gasteiger partial charge in [-0.1, -0.05) is 29.8 Å². The lowest BCUT2D eigenvalue weighted by Gasteiger charge is -2.16. The molecule has 0 fully saturated rings. The maximum atomic E-state index is 13.6. The third kappa shape index (κ3) is 6.50. The number of fused-ring (bicyclic) bond motifs is 1. The molecular weight excluding hydrogens is 563 g/mol. The Kier molecular flexibility index (Phi) is 8.64. The number of Topliss-reactive ketones (excluding diaryl/α,β-unsaturated/α-hetero) is 1. The lowest BCUT2D eigenvalue weighted by molar-refractivity contribution is -0.138. The number of hydrogen-bond acceptors (Lipinski definition) is 7. The van der Waals surface area contributed by atoms with Gasteiger partial charge in [-0.15, -0.1) is 0 Å². The summed E-state index contributed by atoms with van der Waals surface area (Å²) in [6, 6.07) is 15.9. The third-order valence-corrected chi connectivity index (χ3v) is 6.34. The summed E-state index contributed by atoms with van der Waals surface area (Å²) in [4.78, 5) is 28.4. The molecule has 41 heavy (non-hydrogen) atoms. The number of rotatable bonds is 10. The number of carbonyl (C=O) groups excluding carboxylic acids is 1. The predicted molar refractivity (Wildman–Crippen MR) is 145 cm³/mol. The first-order chi connectivity index (χ1) is 19.5. The van der Waals surface area contributed by atoms with E-state index in [1.807, 2.05) is 6.07 Å². The van der Waals surface area contributed by atoms with Gasteiger partial charge in [0.2, 0.25) is 0 Å². The number of nitrogens with zero attached hydrogens (tertiary/aromatic N) is 2. The fourth-order valence-electron chi connectivity index (χ4n) is 4.11. The minimum absolute atomic E-state index is 0.00485. The van der Waals surface area contributed by atoms with Crippen LogP contribution in [-0.2, 0) is 11.0 Å². The van der Waals surface area contributed by atoms with Crippen LogP contribution in [0.3, 0.4) is 0 Å². The van der Waals surface area contributed by atoms with E-state index in [0.29, 0.717) is 11.4 Å². The highest BCUT2D eigenvalue weighted by atomic mass is 35.5. The van der Waals surface area contributed by atoms with Gasteiger partial charge in [-0.25, -0.2) is 4.98 Å². The second-order valence-electron chi connectivity index (χ2n) is 8.66. The van der Waals surface area contributed by atoms with Gasteiger partial charge >= 0.3 is 12.1 Å². The topological polar surface area (TPSA) is 122 Å². The van der Waals surface area contributed by atoms with Crippen molar-refractivity contribution in [3.63, 3.8) is 0 Å². The molecule has 1 heterocycles. The van der Waals surface area contributed by atoms with Crippen LogP contribution in [0, 0.1) is 11.3 Å². The first kappa shape index (κ1) is 29.2. The van der Waals surface area contributed by atoms with Crippen LogP contribution in [-0.4, -0.2) is 42.1 Å². The van der Waals surface area contributed by atoms with Gasteiger partial charge in [-0.2, -0.15) is 18.4 Å². The van der Waals surface area contributed by atoms with Gasteiger partial charge in [0.15, 0.2) is 5.78 Å². The minimum Gasteiger partial charge on any atom is -0.496 e. The van der Waals surface area contributed by atoms with E-state index in [-0.39, 0.29) is 63.6 Å². The van der Waals surface area contributed by atoms with Crippen molar-refractivity contribution in [2.45, 2.75) is 12.6 Å². The van der Waals surface area contributed by atoms with Gasteiger partial charge in [0.1, 0.15) is 17.6 Å². The highest BCUT2D eigenvalue weighted by Crippen LogP contribution is 2.39. The molecular formula is C29H21ClF3N3O5. The van der Waals surface area contributed by atoms with Crippen molar-refractivity contribution in [2.24, 2.45) is 0 Å². The number of halogens is 4. The number of nitriles is 1. The van der Waals surface area contributed by atoms with Crippen LogP contribution in [0.2, 0.25) is 5.02 Å². The van der Waals surface area contributed by atoms with Crippen LogP contribution >= 0.6 is 11.6 Å². The zero-order valence-corrected chi connectivity index (χ0v) is 22.1. The number of para-hydroxylation sites is 2. The Bertz CT molecular complexity index is 1690. The summed E-state index contributed by atoms with van der Waals surface area (Å²) in [5.41, 5.74) is -0.405. The average Bonchev–Trinajstić information content (AvgIpc) is 2.94. The summed E-state index contributed by atoms with van der Waals surface area (Å²) in [6.45, 7) is -0.303. The number of benzene rings is 3. The molecule has 4 rings (SSSR count). The molecule has 210 valence electrons. The molecule has 0 aliphatic heterocycles. The van der Waals surface area contributed by atoms with E-state index in [2.05, 4.69) is 10.3 Å². The molecule has 0 spiro atoms. The number of carboxylic acids is 1. The van der Waals surface area contributed by atoms with Gasteiger partial charge < -0.3 is 19.9 Å². The lowest BCUT2D eigenvalue weighted by Crippen LogP contribution is -2.16. The van der Waals surface area contributed by atoms with Crippen molar-refractivity contribution in [1.29, 1.82) is 5.26 Å². The first-order valence-corrected chi connectivity index (χ1v) is 12.4. The molecule has 1 aromatic heterocycles. The van der Waals surface area contributed by atoms with Gasteiger partial charge in [-0.05, 0) is 36.4 Å². The van der Waals surface area contributed by atoms with Crippen molar-refractivity contribution in [2.75, 3.05) is 25.6 Å². The molecule has 0 bridgehead atoms. The smallest absolute Gasteiger partial charge is 0.417 e. The Morgan fingerprint density at radius 1 is 1.10 bits per heavy atom. The van der Waals surface area contributed by atoms with Crippen LogP contribution in [0.1, 0.15) is 27.9 Å². The second kappa shape index (κ2) is 12.1. The van der Waals surface area contributed by atoms with E-state index in [9.17, 15) is 28.0 Å². The maximum absolute atomic E-state index is 13.6. The fourth-order valence-corrected chi connectivity index (χ4v) is 4.36. The maximum Gasteiger partial charge on any atom is 0.417 e. The Morgan fingerprint density at radius 2 is 1.85 bits per heavy atom. The largest absolute Gasteiger partial charge is 0.496 e. The number of aromatic nitrogens is 1. The highest BCUT2D eigenvalue weighted by Gasteiger charge is 2.33. The molecule has 0 aliphatic carbocycles. The molecule has 8 nitrogen and oxygen atoms in total. The van der Waals surface area contributed by atoms with Crippen molar-refractivity contribution in [3.05, 3.63) is 82.4 Å². The molecule has 0 saturated carbocycles. The van der Waals surface area contributed by atoms with Crippen LogP contribution in [0.4, 0.5) is 18.9 Å². The van der Waals surface area contributed by atoms with E-state index in [1.165, 1.54) is 31.4 Å². The second-order valence-corrected chi connectivity index (χ2v) is 9.07. The summed E-state index contributed by atoms with van der Waals surface area (Å²) in [7, 11) is 1.34. The number of carboxylic acid groups (broad SMARTS) is 1. The van der Waals surface area contributed by atoms with E-state index in [1.54, 1.807) is 24.3 Å². The number of ether oxygens (including phenoxy) is 2. The van der Waals surface area contributed by atoms with Gasteiger partial charge in [0.05, 0.1) is 65.3 Å². The number of pyridine rings is 1. The molecule has 4 aromatic rings. The van der Waals surface area contributed by atoms with Crippen molar-refractivity contribution in [1.82, 2.24) is 4.98 Å². The molecule has 3 aromatic carbocycles. The van der Waals surface area contributed by atoms with Gasteiger partial charge in [-0.3, -0.25) is 9.59 Å². The fraction of sp³-hybridized carbons (Fsp3) is 0.172. The molecule has 0 unspecified atom stereocenters. The van der Waals surface area contributed by atoms with E-state index in [0.717, 1.165) is 12.1 Å². The quantitative estimate of drug-likeness (QED) is 0.200. The van der Waals surface area contributed by atoms with Crippen molar-refractivity contribution < 1.29 is 37.3 Å². The minimum atomic E-state index is -4.65. The summed E-state index contributed by atoms with van der Waals surface area (Å²) in [6.07, 6.45) is -4.86. The zero-order chi connectivity index (χ0) is 29.7. The lowest BCUT2D eigenvalue weighted by atomic mass is 9.98. The van der Waals surface area contributed by atoms with E-state index < -0.39 is 23.5 Å². The van der Waals surface area contributed by atoms with Crippen molar-refractivity contribution >= 4 is 39.9 Å². The van der Waals surface area contributed by atoms with Crippen LogP contribution < -0.4 is 14.8 Å². The molecule has 2 N–H and O–H groups in total. The van der Waals surface area contributed by atoms with Crippen LogP contribution in [0.15, 0.2) is 60.7 Å². The predicted octanol–water partition coefficient (Wildman–Crippen LogP) is 6.60. The zero-order valence-electron chi connectivity index (χ0n) is 21.4. The molecule has 0 amide bonds. The van der Waals surface area contributed by atoms with Gasteiger partial charge in [0.25, 0.3) is 0 Å². The Balaban J connectivity index is 1.70. The number of carbonyl (C=O) groups is 2. The number of alkyl halides is 3. The van der Waals surface area contributed by atoms with E-state index >= 15 is 0 Å². The molecule has 0 saturated heterocycles. The number of anilines is 1. The van der Waals surface area contributed by atoms with Crippen LogP contribution in [0.25, 0.3) is 22.2 Å². The summed E-state index contributed by atoms with van der Waals surface area (Å²) < 4.78 is 51.5. The number of ketones is 1. The molecule has 0 atom stereocenters. The van der Waals surface area contributed by atoms with Crippen LogP contribution in [0.5, 0.6) is 11.5 Å². The van der Waals surface area contributed by atoms with E-state index in [4.69, 9.17) is 26.2 Å². The summed E-state index contributed by atoms with van der Waals surface area (Å²) >= 11 is 6.47. The first-order valence-electron chi connectivity index (χ1n) is 12.0. The normalized spacial score (nSPS) is 11.1. The molecule has 0 radical (unpaired) electrons. The Labute approximate surface area is 236 Å². The average molecular weight is 584 g/mol. The highest BCUT2D eigenvalue weighted by molar-refractivity contribution is 6.33. The monoisotopic (exact) mass is 583 g/mol. The Morgan fingerprint density at radius 3 is 2.54 bits per heavy atom. The number of methoxy groups -OCH3 is 1. The number of aliphatic carboxylic acids is 1.